The molecule has 1 atom stereocenters. The van der Waals surface area contributed by atoms with Crippen LogP contribution in [0.1, 0.15) is 30.0 Å². The van der Waals surface area contributed by atoms with E-state index in [0.29, 0.717) is 52.2 Å². The lowest BCUT2D eigenvalue weighted by molar-refractivity contribution is -0.139. The molecule has 2 saturated heterocycles. The van der Waals surface area contributed by atoms with E-state index in [2.05, 4.69) is 5.32 Å². The number of ether oxygens (including phenoxy) is 1. The predicted molar refractivity (Wildman–Crippen MR) is 96.6 cm³/mol. The number of halogens is 6. The number of rotatable bonds is 3. The van der Waals surface area contributed by atoms with Gasteiger partial charge in [-0.05, 0) is 30.9 Å². The van der Waals surface area contributed by atoms with Crippen molar-refractivity contribution in [3.05, 3.63) is 35.1 Å². The van der Waals surface area contributed by atoms with Gasteiger partial charge in [0.1, 0.15) is 5.82 Å². The van der Waals surface area contributed by atoms with E-state index in [9.17, 15) is 17.6 Å². The second-order valence-corrected chi connectivity index (χ2v) is 6.38. The summed E-state index contributed by atoms with van der Waals surface area (Å²) in [6, 6.07) is 2.71. The molecule has 2 aliphatic heterocycles. The molecule has 26 heavy (non-hydrogen) atoms. The minimum Gasteiger partial charge on any atom is -0.381 e. The van der Waals surface area contributed by atoms with Crippen LogP contribution in [-0.4, -0.2) is 44.3 Å². The molecule has 0 bridgehead atoms. The van der Waals surface area contributed by atoms with E-state index in [0.717, 1.165) is 18.2 Å². The number of hydrogen-bond acceptors (Lipinski definition) is 3. The van der Waals surface area contributed by atoms with Gasteiger partial charge in [0.05, 0.1) is 5.56 Å². The quantitative estimate of drug-likeness (QED) is 0.748. The van der Waals surface area contributed by atoms with E-state index < -0.39 is 23.6 Å². The molecule has 0 radical (unpaired) electrons. The van der Waals surface area contributed by atoms with Crippen molar-refractivity contribution < 1.29 is 22.3 Å². The normalized spacial score (nSPS) is 20.8. The van der Waals surface area contributed by atoms with E-state index >= 15 is 0 Å². The topological polar surface area (TPSA) is 24.5 Å². The zero-order valence-electron chi connectivity index (χ0n) is 14.2. The van der Waals surface area contributed by atoms with Crippen LogP contribution in [0.2, 0.25) is 0 Å². The van der Waals surface area contributed by atoms with Crippen molar-refractivity contribution in [3.8, 4) is 0 Å². The van der Waals surface area contributed by atoms with E-state index in [1.165, 1.54) is 0 Å². The molecule has 3 rings (SSSR count). The van der Waals surface area contributed by atoms with E-state index in [1.54, 1.807) is 0 Å². The Morgan fingerprint density at radius 2 is 1.69 bits per heavy atom. The number of nitrogens with zero attached hydrogens (tertiary/aromatic N) is 1. The maximum atomic E-state index is 14.6. The average Bonchev–Trinajstić information content (AvgIpc) is 2.57. The van der Waals surface area contributed by atoms with Crippen LogP contribution in [0.5, 0.6) is 0 Å². The third-order valence-electron chi connectivity index (χ3n) is 4.91. The van der Waals surface area contributed by atoms with Gasteiger partial charge in [0.2, 0.25) is 0 Å². The Morgan fingerprint density at radius 3 is 2.27 bits per heavy atom. The van der Waals surface area contributed by atoms with Gasteiger partial charge in [0, 0.05) is 51.0 Å². The molecular formula is C17H24Cl2F4N2O. The van der Waals surface area contributed by atoms with Gasteiger partial charge < -0.3 is 10.1 Å². The van der Waals surface area contributed by atoms with Crippen molar-refractivity contribution in [1.82, 2.24) is 10.2 Å². The molecule has 0 aliphatic carbocycles. The zero-order valence-corrected chi connectivity index (χ0v) is 15.9. The minimum atomic E-state index is -4.56. The van der Waals surface area contributed by atoms with Crippen molar-refractivity contribution in [2.75, 3.05) is 39.4 Å². The Bertz CT molecular complexity index is 544. The fraction of sp³-hybridized carbons (Fsp3) is 0.647. The van der Waals surface area contributed by atoms with Gasteiger partial charge >= 0.3 is 6.18 Å². The Hall–Kier alpha value is -0.600. The van der Waals surface area contributed by atoms with Gasteiger partial charge in [-0.2, -0.15) is 13.2 Å². The number of hydrogen-bond donors (Lipinski definition) is 1. The first kappa shape index (κ1) is 23.4. The molecule has 1 aromatic carbocycles. The number of alkyl halides is 3. The fourth-order valence-electron chi connectivity index (χ4n) is 3.79. The summed E-state index contributed by atoms with van der Waals surface area (Å²) < 4.78 is 60.4. The van der Waals surface area contributed by atoms with E-state index in [4.69, 9.17) is 4.74 Å². The third-order valence-corrected chi connectivity index (χ3v) is 4.91. The highest BCUT2D eigenvalue weighted by atomic mass is 35.5. The van der Waals surface area contributed by atoms with Gasteiger partial charge in [-0.3, -0.25) is 4.90 Å². The molecule has 9 heteroatoms. The second kappa shape index (κ2) is 10.1. The summed E-state index contributed by atoms with van der Waals surface area (Å²) in [6.07, 6.45) is -3.25. The fourth-order valence-corrected chi connectivity index (χ4v) is 3.79. The van der Waals surface area contributed by atoms with Crippen LogP contribution in [-0.2, 0) is 10.9 Å². The summed E-state index contributed by atoms with van der Waals surface area (Å²) in [5, 5.41) is 3.20. The molecule has 0 spiro atoms. The van der Waals surface area contributed by atoms with E-state index in [-0.39, 0.29) is 36.3 Å². The maximum absolute atomic E-state index is 14.6. The Morgan fingerprint density at radius 1 is 1.08 bits per heavy atom. The van der Waals surface area contributed by atoms with Gasteiger partial charge in [-0.1, -0.05) is 6.07 Å². The molecule has 2 fully saturated rings. The molecule has 1 aromatic rings. The SMILES string of the molecule is Cl.Cl.Fc1cccc(C(F)(F)F)c1[C@H](C1CCOCC1)N1CCNCC1. The first-order valence-corrected chi connectivity index (χ1v) is 8.36. The summed E-state index contributed by atoms with van der Waals surface area (Å²) >= 11 is 0. The van der Waals surface area contributed by atoms with Crippen LogP contribution in [0.3, 0.4) is 0 Å². The standard InChI is InChI=1S/C17H22F4N2O.2ClH/c18-14-3-1-2-13(17(19,20)21)15(14)16(12-4-10-24-11-5-12)23-8-6-22-7-9-23;;/h1-3,12,16,22H,4-11H2;2*1H/t16-;;/m0../s1. The van der Waals surface area contributed by atoms with Crippen molar-refractivity contribution in [2.45, 2.75) is 25.1 Å². The molecule has 2 heterocycles. The Kier molecular flexibility index (Phi) is 9.09. The molecular weight excluding hydrogens is 395 g/mol. The molecule has 0 saturated carbocycles. The van der Waals surface area contributed by atoms with Gasteiger partial charge in [0.25, 0.3) is 0 Å². The van der Waals surface area contributed by atoms with Crippen molar-refractivity contribution >= 4 is 24.8 Å². The third kappa shape index (κ3) is 5.23. The van der Waals surface area contributed by atoms with Crippen LogP contribution >= 0.6 is 24.8 Å². The van der Waals surface area contributed by atoms with Gasteiger partial charge in [0.15, 0.2) is 0 Å². The average molecular weight is 419 g/mol. The first-order valence-electron chi connectivity index (χ1n) is 8.36. The lowest BCUT2D eigenvalue weighted by Crippen LogP contribution is -2.48. The Labute approximate surface area is 163 Å². The minimum absolute atomic E-state index is 0. The van der Waals surface area contributed by atoms with Crippen LogP contribution in [0.25, 0.3) is 0 Å². The maximum Gasteiger partial charge on any atom is 0.416 e. The summed E-state index contributed by atoms with van der Waals surface area (Å²) in [6.45, 7) is 3.68. The monoisotopic (exact) mass is 418 g/mol. The zero-order chi connectivity index (χ0) is 17.2. The molecule has 3 nitrogen and oxygen atoms in total. The van der Waals surface area contributed by atoms with Crippen LogP contribution < -0.4 is 5.32 Å². The lowest BCUT2D eigenvalue weighted by atomic mass is 9.83. The largest absolute Gasteiger partial charge is 0.416 e. The molecule has 0 amide bonds. The van der Waals surface area contributed by atoms with E-state index in [1.807, 2.05) is 4.90 Å². The summed E-state index contributed by atoms with van der Waals surface area (Å²) in [5.74, 6) is -0.797. The highest BCUT2D eigenvalue weighted by Crippen LogP contribution is 2.43. The number of nitrogens with one attached hydrogen (secondary N) is 1. The second-order valence-electron chi connectivity index (χ2n) is 6.38. The van der Waals surface area contributed by atoms with Crippen LogP contribution in [0.4, 0.5) is 17.6 Å². The summed E-state index contributed by atoms with van der Waals surface area (Å²) in [7, 11) is 0. The smallest absolute Gasteiger partial charge is 0.381 e. The number of benzene rings is 1. The lowest BCUT2D eigenvalue weighted by Gasteiger charge is -2.42. The molecule has 0 aromatic heterocycles. The van der Waals surface area contributed by atoms with Crippen molar-refractivity contribution in [1.29, 1.82) is 0 Å². The number of piperazine rings is 1. The summed E-state index contributed by atoms with van der Waals surface area (Å²) in [5.41, 5.74) is -1.05. The van der Waals surface area contributed by atoms with Crippen LogP contribution in [0.15, 0.2) is 18.2 Å². The molecule has 0 unspecified atom stereocenters. The Balaban J connectivity index is 0.00000169. The molecule has 2 aliphatic rings. The highest BCUT2D eigenvalue weighted by molar-refractivity contribution is 5.85. The highest BCUT2D eigenvalue weighted by Gasteiger charge is 2.41. The molecule has 1 N–H and O–H groups in total. The molecule has 150 valence electrons. The summed E-state index contributed by atoms with van der Waals surface area (Å²) in [4.78, 5) is 2.00. The van der Waals surface area contributed by atoms with Gasteiger partial charge in [-0.25, -0.2) is 4.39 Å². The van der Waals surface area contributed by atoms with Crippen molar-refractivity contribution in [3.63, 3.8) is 0 Å². The first-order chi connectivity index (χ1) is 11.5. The van der Waals surface area contributed by atoms with Crippen molar-refractivity contribution in [2.24, 2.45) is 5.92 Å². The predicted octanol–water partition coefficient (Wildman–Crippen LogP) is 4.06. The van der Waals surface area contributed by atoms with Gasteiger partial charge in [-0.15, -0.1) is 24.8 Å². The van der Waals surface area contributed by atoms with Crippen LogP contribution in [0, 0.1) is 11.7 Å².